The van der Waals surface area contributed by atoms with Crippen LogP contribution in [-0.2, 0) is 17.6 Å². The number of benzene rings is 2. The predicted molar refractivity (Wildman–Crippen MR) is 85.3 cm³/mol. The largest absolute Gasteiger partial charge is 0.299 e. The van der Waals surface area contributed by atoms with Gasteiger partial charge < -0.3 is 0 Å². The van der Waals surface area contributed by atoms with Crippen molar-refractivity contribution in [1.29, 1.82) is 0 Å². The minimum Gasteiger partial charge on any atom is -0.299 e. The van der Waals surface area contributed by atoms with Crippen molar-refractivity contribution in [3.05, 3.63) is 67.6 Å². The van der Waals surface area contributed by atoms with Gasteiger partial charge >= 0.3 is 0 Å². The first-order valence-electron chi connectivity index (χ1n) is 5.86. The molecule has 0 unspecified atom stereocenters. The molecule has 0 atom stereocenters. The van der Waals surface area contributed by atoms with E-state index in [1.54, 1.807) is 36.4 Å². The lowest BCUT2D eigenvalue weighted by atomic mass is 10.0. The molecule has 0 bridgehead atoms. The SMILES string of the molecule is O=C(Cc1cc(Cl)ccc1Cl)Cc1c(Cl)cccc1Cl. The molecule has 0 heterocycles. The van der Waals surface area contributed by atoms with Crippen molar-refractivity contribution in [3.8, 4) is 0 Å². The molecule has 0 aliphatic carbocycles. The Hall–Kier alpha value is -0.730. The molecule has 0 aromatic heterocycles. The number of Topliss-reactive ketones (excluding diaryl/α,β-unsaturated/α-hetero) is 1. The lowest BCUT2D eigenvalue weighted by Gasteiger charge is -2.07. The Morgan fingerprint density at radius 3 is 2.15 bits per heavy atom. The third-order valence-electron chi connectivity index (χ3n) is 2.83. The topological polar surface area (TPSA) is 17.1 Å². The molecule has 104 valence electrons. The van der Waals surface area contributed by atoms with Crippen LogP contribution >= 0.6 is 46.4 Å². The van der Waals surface area contributed by atoms with Gasteiger partial charge in [-0.15, -0.1) is 0 Å². The van der Waals surface area contributed by atoms with Gasteiger partial charge in [0.25, 0.3) is 0 Å². The van der Waals surface area contributed by atoms with E-state index in [9.17, 15) is 4.79 Å². The van der Waals surface area contributed by atoms with Gasteiger partial charge in [-0.05, 0) is 41.5 Å². The Morgan fingerprint density at radius 2 is 1.50 bits per heavy atom. The maximum Gasteiger partial charge on any atom is 0.141 e. The summed E-state index contributed by atoms with van der Waals surface area (Å²) in [5.74, 6) is -0.0239. The van der Waals surface area contributed by atoms with E-state index in [1.807, 2.05) is 0 Å². The number of ketones is 1. The zero-order valence-corrected chi connectivity index (χ0v) is 13.3. The highest BCUT2D eigenvalue weighted by molar-refractivity contribution is 6.36. The summed E-state index contributed by atoms with van der Waals surface area (Å²) in [5.41, 5.74) is 1.34. The van der Waals surface area contributed by atoms with E-state index in [2.05, 4.69) is 0 Å². The van der Waals surface area contributed by atoms with Gasteiger partial charge in [0, 0.05) is 32.9 Å². The Morgan fingerprint density at radius 1 is 0.850 bits per heavy atom. The molecule has 20 heavy (non-hydrogen) atoms. The molecule has 0 N–H and O–H groups in total. The van der Waals surface area contributed by atoms with Crippen LogP contribution in [0.3, 0.4) is 0 Å². The zero-order valence-electron chi connectivity index (χ0n) is 10.3. The molecule has 0 fully saturated rings. The highest BCUT2D eigenvalue weighted by Crippen LogP contribution is 2.26. The Bertz CT molecular complexity index is 632. The minimum atomic E-state index is -0.0239. The van der Waals surface area contributed by atoms with E-state index in [-0.39, 0.29) is 18.6 Å². The highest BCUT2D eigenvalue weighted by atomic mass is 35.5. The van der Waals surface area contributed by atoms with Gasteiger partial charge in [-0.1, -0.05) is 52.5 Å². The molecule has 0 aliphatic heterocycles. The normalized spacial score (nSPS) is 10.6. The standard InChI is InChI=1S/C15H10Cl4O/c16-10-4-5-13(17)9(6-10)7-11(20)8-12-14(18)2-1-3-15(12)19/h1-6H,7-8H2. The van der Waals surface area contributed by atoms with E-state index in [0.29, 0.717) is 31.2 Å². The molecule has 0 aliphatic rings. The highest BCUT2D eigenvalue weighted by Gasteiger charge is 2.13. The van der Waals surface area contributed by atoms with Crippen LogP contribution in [0.2, 0.25) is 20.1 Å². The fourth-order valence-electron chi connectivity index (χ4n) is 1.85. The third-order valence-corrected chi connectivity index (χ3v) is 4.14. The van der Waals surface area contributed by atoms with Crippen LogP contribution in [0.15, 0.2) is 36.4 Å². The molecule has 0 saturated carbocycles. The molecule has 1 nitrogen and oxygen atoms in total. The molecule has 0 amide bonds. The second-order valence-electron chi connectivity index (χ2n) is 4.33. The van der Waals surface area contributed by atoms with Crippen LogP contribution in [-0.4, -0.2) is 5.78 Å². The van der Waals surface area contributed by atoms with Crippen LogP contribution in [0.1, 0.15) is 11.1 Å². The smallest absolute Gasteiger partial charge is 0.141 e. The molecule has 2 aromatic rings. The molecule has 0 spiro atoms. The maximum atomic E-state index is 12.1. The van der Waals surface area contributed by atoms with Gasteiger partial charge in [0.05, 0.1) is 0 Å². The van der Waals surface area contributed by atoms with Crippen LogP contribution in [0, 0.1) is 0 Å². The fourth-order valence-corrected chi connectivity index (χ4v) is 2.76. The lowest BCUT2D eigenvalue weighted by Crippen LogP contribution is -2.08. The predicted octanol–water partition coefficient (Wildman–Crippen LogP) is 5.65. The van der Waals surface area contributed by atoms with Crippen molar-refractivity contribution < 1.29 is 4.79 Å². The first kappa shape index (κ1) is 15.7. The second kappa shape index (κ2) is 6.82. The quantitative estimate of drug-likeness (QED) is 0.697. The van der Waals surface area contributed by atoms with Crippen molar-refractivity contribution >= 4 is 52.2 Å². The third kappa shape index (κ3) is 3.89. The van der Waals surface area contributed by atoms with Crippen molar-refractivity contribution in [2.75, 3.05) is 0 Å². The van der Waals surface area contributed by atoms with Crippen LogP contribution < -0.4 is 0 Å². The summed E-state index contributed by atoms with van der Waals surface area (Å²) in [6, 6.07) is 10.2. The van der Waals surface area contributed by atoms with Crippen molar-refractivity contribution in [2.45, 2.75) is 12.8 Å². The molecule has 2 aromatic carbocycles. The zero-order chi connectivity index (χ0) is 14.7. The van der Waals surface area contributed by atoms with E-state index in [1.165, 1.54) is 0 Å². The maximum absolute atomic E-state index is 12.1. The summed E-state index contributed by atoms with van der Waals surface area (Å²) >= 11 is 24.0. The average molecular weight is 348 g/mol. The first-order chi connectivity index (χ1) is 9.47. The van der Waals surface area contributed by atoms with Crippen LogP contribution in [0.25, 0.3) is 0 Å². The Labute approximate surface area is 137 Å². The number of carbonyl (C=O) groups excluding carboxylic acids is 1. The summed E-state index contributed by atoms with van der Waals surface area (Å²) < 4.78 is 0. The minimum absolute atomic E-state index is 0.0239. The summed E-state index contributed by atoms with van der Waals surface area (Å²) in [4.78, 5) is 12.1. The monoisotopic (exact) mass is 346 g/mol. The lowest BCUT2D eigenvalue weighted by molar-refractivity contribution is -0.117. The first-order valence-corrected chi connectivity index (χ1v) is 7.37. The molecule has 2 rings (SSSR count). The van der Waals surface area contributed by atoms with Gasteiger partial charge in [-0.2, -0.15) is 0 Å². The Balaban J connectivity index is 2.15. The molecule has 5 heteroatoms. The van der Waals surface area contributed by atoms with E-state index in [0.717, 1.165) is 0 Å². The summed E-state index contributed by atoms with van der Waals surface area (Å²) in [6.07, 6.45) is 0.363. The van der Waals surface area contributed by atoms with E-state index >= 15 is 0 Å². The number of halogens is 4. The van der Waals surface area contributed by atoms with Gasteiger partial charge in [0.1, 0.15) is 5.78 Å². The molecule has 0 saturated heterocycles. The average Bonchev–Trinajstić information content (AvgIpc) is 2.38. The molecular formula is C15H10Cl4O. The van der Waals surface area contributed by atoms with Gasteiger partial charge in [0.2, 0.25) is 0 Å². The van der Waals surface area contributed by atoms with Gasteiger partial charge in [-0.25, -0.2) is 0 Å². The summed E-state index contributed by atoms with van der Waals surface area (Å²) in [6.45, 7) is 0. The number of carbonyl (C=O) groups is 1. The van der Waals surface area contributed by atoms with Crippen LogP contribution in [0.4, 0.5) is 0 Å². The van der Waals surface area contributed by atoms with E-state index < -0.39 is 0 Å². The number of hydrogen-bond donors (Lipinski definition) is 0. The van der Waals surface area contributed by atoms with Crippen molar-refractivity contribution in [1.82, 2.24) is 0 Å². The number of rotatable bonds is 4. The summed E-state index contributed by atoms with van der Waals surface area (Å²) in [7, 11) is 0. The van der Waals surface area contributed by atoms with E-state index in [4.69, 9.17) is 46.4 Å². The molecular weight excluding hydrogens is 338 g/mol. The second-order valence-corrected chi connectivity index (χ2v) is 5.99. The van der Waals surface area contributed by atoms with Crippen LogP contribution in [0.5, 0.6) is 0 Å². The fraction of sp³-hybridized carbons (Fsp3) is 0.133. The van der Waals surface area contributed by atoms with Crippen molar-refractivity contribution in [3.63, 3.8) is 0 Å². The molecule has 0 radical (unpaired) electrons. The van der Waals surface area contributed by atoms with Gasteiger partial charge in [0.15, 0.2) is 0 Å². The summed E-state index contributed by atoms with van der Waals surface area (Å²) in [5, 5.41) is 2.05. The Kier molecular flexibility index (Phi) is 5.34. The van der Waals surface area contributed by atoms with Crippen molar-refractivity contribution in [2.24, 2.45) is 0 Å². The van der Waals surface area contributed by atoms with Gasteiger partial charge in [-0.3, -0.25) is 4.79 Å². The number of hydrogen-bond acceptors (Lipinski definition) is 1.